The van der Waals surface area contributed by atoms with Crippen molar-refractivity contribution >= 4 is 5.97 Å². The van der Waals surface area contributed by atoms with Crippen molar-refractivity contribution in [1.82, 2.24) is 5.32 Å². The molecule has 1 rings (SSSR count). The molecule has 1 N–H and O–H groups in total. The maximum absolute atomic E-state index is 11.2. The normalized spacial score (nSPS) is 16.4. The molecule has 1 aliphatic heterocycles. The summed E-state index contributed by atoms with van der Waals surface area (Å²) in [7, 11) is 0. The van der Waals surface area contributed by atoms with E-state index in [-0.39, 0.29) is 5.97 Å². The van der Waals surface area contributed by atoms with Crippen LogP contribution < -0.4 is 5.32 Å². The maximum atomic E-state index is 11.2. The van der Waals surface area contributed by atoms with Crippen LogP contribution in [0.5, 0.6) is 0 Å². The van der Waals surface area contributed by atoms with E-state index in [4.69, 9.17) is 4.74 Å². The van der Waals surface area contributed by atoms with Gasteiger partial charge in [0, 0.05) is 0 Å². The first-order valence-corrected chi connectivity index (χ1v) is 5.69. The minimum Gasteiger partial charge on any atom is -0.466 e. The van der Waals surface area contributed by atoms with Crippen molar-refractivity contribution in [2.24, 2.45) is 5.92 Å². The van der Waals surface area contributed by atoms with E-state index in [0.29, 0.717) is 18.9 Å². The van der Waals surface area contributed by atoms with Crippen LogP contribution in [0.4, 0.5) is 0 Å². The van der Waals surface area contributed by atoms with E-state index in [9.17, 15) is 4.79 Å². The molecule has 3 heteroatoms. The smallest absolute Gasteiger partial charge is 0.306 e. The van der Waals surface area contributed by atoms with E-state index in [2.05, 4.69) is 12.2 Å². The molecule has 1 aliphatic rings. The van der Waals surface area contributed by atoms with Gasteiger partial charge in [-0.2, -0.15) is 0 Å². The molecule has 0 aromatic carbocycles. The zero-order chi connectivity index (χ0) is 10.2. The average molecular weight is 199 g/mol. The number of nitrogens with one attached hydrogen (secondary N) is 1. The molecule has 0 atom stereocenters. The molecular formula is C11H21NO2. The molecule has 14 heavy (non-hydrogen) atoms. The molecule has 0 saturated carbocycles. The lowest BCUT2D eigenvalue weighted by Crippen LogP contribution is -2.43. The van der Waals surface area contributed by atoms with Crippen molar-refractivity contribution in [1.29, 1.82) is 0 Å². The van der Waals surface area contributed by atoms with Crippen molar-refractivity contribution in [3.63, 3.8) is 0 Å². The largest absolute Gasteiger partial charge is 0.466 e. The third kappa shape index (κ3) is 4.61. The highest BCUT2D eigenvalue weighted by Crippen LogP contribution is 2.09. The fraction of sp³-hybridized carbons (Fsp3) is 0.909. The third-order valence-corrected chi connectivity index (χ3v) is 2.58. The first kappa shape index (κ1) is 11.5. The molecule has 0 bridgehead atoms. The molecule has 82 valence electrons. The molecule has 1 saturated heterocycles. The van der Waals surface area contributed by atoms with Gasteiger partial charge in [0.25, 0.3) is 0 Å². The van der Waals surface area contributed by atoms with Gasteiger partial charge in [-0.15, -0.1) is 0 Å². The van der Waals surface area contributed by atoms with Gasteiger partial charge in [0.05, 0.1) is 13.0 Å². The van der Waals surface area contributed by atoms with E-state index in [0.717, 1.165) is 19.5 Å². The standard InChI is InChI=1S/C11H21NO2/c1-2-3-4-5-6-14-11(13)7-10-8-12-9-10/h10,12H,2-9H2,1H3. The highest BCUT2D eigenvalue weighted by molar-refractivity contribution is 5.69. The first-order chi connectivity index (χ1) is 6.83. The summed E-state index contributed by atoms with van der Waals surface area (Å²) in [6.45, 7) is 4.74. The van der Waals surface area contributed by atoms with Gasteiger partial charge in [0.2, 0.25) is 0 Å². The van der Waals surface area contributed by atoms with Gasteiger partial charge in [-0.3, -0.25) is 4.79 Å². The Kier molecular flexibility index (Phi) is 5.60. The average Bonchev–Trinajstić information content (AvgIpc) is 2.11. The number of carbonyl (C=O) groups excluding carboxylic acids is 1. The Morgan fingerprint density at radius 1 is 1.36 bits per heavy atom. The Morgan fingerprint density at radius 3 is 2.71 bits per heavy atom. The number of hydrogen-bond acceptors (Lipinski definition) is 3. The van der Waals surface area contributed by atoms with Crippen LogP contribution in [0, 0.1) is 5.92 Å². The highest BCUT2D eigenvalue weighted by atomic mass is 16.5. The summed E-state index contributed by atoms with van der Waals surface area (Å²) in [5.41, 5.74) is 0. The number of hydrogen-bond donors (Lipinski definition) is 1. The summed E-state index contributed by atoms with van der Waals surface area (Å²) in [5.74, 6) is 0.506. The van der Waals surface area contributed by atoms with Crippen LogP contribution in [-0.2, 0) is 9.53 Å². The third-order valence-electron chi connectivity index (χ3n) is 2.58. The fourth-order valence-corrected chi connectivity index (χ4v) is 1.50. The van der Waals surface area contributed by atoms with Crippen molar-refractivity contribution in [2.75, 3.05) is 19.7 Å². The Morgan fingerprint density at radius 2 is 2.14 bits per heavy atom. The van der Waals surface area contributed by atoms with E-state index in [1.807, 2.05) is 0 Å². The molecule has 0 aromatic rings. The lowest BCUT2D eigenvalue weighted by atomic mass is 10.00. The predicted octanol–water partition coefficient (Wildman–Crippen LogP) is 1.72. The summed E-state index contributed by atoms with van der Waals surface area (Å²) in [6, 6.07) is 0. The first-order valence-electron chi connectivity index (χ1n) is 5.69. The molecule has 0 unspecified atom stereocenters. The SMILES string of the molecule is CCCCCCOC(=O)CC1CNC1. The van der Waals surface area contributed by atoms with Gasteiger partial charge < -0.3 is 10.1 Å². The number of rotatable bonds is 7. The number of esters is 1. The van der Waals surface area contributed by atoms with Crippen LogP contribution in [0.1, 0.15) is 39.0 Å². The van der Waals surface area contributed by atoms with Crippen molar-refractivity contribution in [3.05, 3.63) is 0 Å². The number of unbranched alkanes of at least 4 members (excludes halogenated alkanes) is 3. The second-order valence-corrected chi connectivity index (χ2v) is 4.01. The van der Waals surface area contributed by atoms with Crippen LogP contribution in [0.25, 0.3) is 0 Å². The summed E-state index contributed by atoms with van der Waals surface area (Å²) < 4.78 is 5.13. The van der Waals surface area contributed by atoms with Gasteiger partial charge in [0.1, 0.15) is 0 Å². The van der Waals surface area contributed by atoms with Crippen LogP contribution in [-0.4, -0.2) is 25.7 Å². The van der Waals surface area contributed by atoms with E-state index >= 15 is 0 Å². The highest BCUT2D eigenvalue weighted by Gasteiger charge is 2.20. The lowest BCUT2D eigenvalue weighted by molar-refractivity contribution is -0.145. The predicted molar refractivity (Wildman–Crippen MR) is 56.1 cm³/mol. The Labute approximate surface area is 86.2 Å². The monoisotopic (exact) mass is 199 g/mol. The van der Waals surface area contributed by atoms with Crippen molar-refractivity contribution < 1.29 is 9.53 Å². The molecule has 0 amide bonds. The van der Waals surface area contributed by atoms with Crippen LogP contribution >= 0.6 is 0 Å². The van der Waals surface area contributed by atoms with Crippen molar-refractivity contribution in [3.8, 4) is 0 Å². The van der Waals surface area contributed by atoms with Gasteiger partial charge in [-0.05, 0) is 25.4 Å². The van der Waals surface area contributed by atoms with E-state index in [1.54, 1.807) is 0 Å². The molecule has 1 fully saturated rings. The minimum atomic E-state index is -0.0204. The second kappa shape index (κ2) is 6.82. The summed E-state index contributed by atoms with van der Waals surface area (Å²) in [4.78, 5) is 11.2. The van der Waals surface area contributed by atoms with Crippen LogP contribution in [0.3, 0.4) is 0 Å². The summed E-state index contributed by atoms with van der Waals surface area (Å²) in [6.07, 6.45) is 5.25. The maximum Gasteiger partial charge on any atom is 0.306 e. The lowest BCUT2D eigenvalue weighted by Gasteiger charge is -2.25. The summed E-state index contributed by atoms with van der Waals surface area (Å²) >= 11 is 0. The van der Waals surface area contributed by atoms with Gasteiger partial charge in [-0.25, -0.2) is 0 Å². The molecule has 3 nitrogen and oxygen atoms in total. The topological polar surface area (TPSA) is 38.3 Å². The van der Waals surface area contributed by atoms with Gasteiger partial charge in [0.15, 0.2) is 0 Å². The molecular weight excluding hydrogens is 178 g/mol. The molecule has 0 spiro atoms. The zero-order valence-corrected chi connectivity index (χ0v) is 9.05. The Balaban J connectivity index is 1.87. The Hall–Kier alpha value is -0.570. The van der Waals surface area contributed by atoms with Gasteiger partial charge in [-0.1, -0.05) is 26.2 Å². The van der Waals surface area contributed by atoms with E-state index in [1.165, 1.54) is 19.3 Å². The van der Waals surface area contributed by atoms with Gasteiger partial charge >= 0.3 is 5.97 Å². The van der Waals surface area contributed by atoms with Crippen molar-refractivity contribution in [2.45, 2.75) is 39.0 Å². The molecule has 1 heterocycles. The number of ether oxygens (including phenoxy) is 1. The Bertz CT molecular complexity index is 167. The fourth-order valence-electron chi connectivity index (χ4n) is 1.50. The quantitative estimate of drug-likeness (QED) is 0.501. The zero-order valence-electron chi connectivity index (χ0n) is 9.05. The number of carbonyl (C=O) groups is 1. The summed E-state index contributed by atoms with van der Waals surface area (Å²) in [5, 5.41) is 3.14. The minimum absolute atomic E-state index is 0.0204. The van der Waals surface area contributed by atoms with E-state index < -0.39 is 0 Å². The molecule has 0 aliphatic carbocycles. The van der Waals surface area contributed by atoms with Crippen LogP contribution in [0.2, 0.25) is 0 Å². The molecule has 0 aromatic heterocycles. The molecule has 0 radical (unpaired) electrons. The second-order valence-electron chi connectivity index (χ2n) is 4.01. The van der Waals surface area contributed by atoms with Crippen LogP contribution in [0.15, 0.2) is 0 Å².